The van der Waals surface area contributed by atoms with Crippen LogP contribution in [0.5, 0.6) is 11.5 Å². The van der Waals surface area contributed by atoms with Gasteiger partial charge in [0.2, 0.25) is 0 Å². The summed E-state index contributed by atoms with van der Waals surface area (Å²) < 4.78 is 10.1. The number of amides is 1. The highest BCUT2D eigenvalue weighted by molar-refractivity contribution is 6.37. The number of carbonyl (C=O) groups excluding carboxylic acids is 1. The number of rotatable bonds is 5. The van der Waals surface area contributed by atoms with Gasteiger partial charge in [0.15, 0.2) is 5.75 Å². The Kier molecular flexibility index (Phi) is 5.52. The van der Waals surface area contributed by atoms with Gasteiger partial charge in [-0.15, -0.1) is 0 Å². The second kappa shape index (κ2) is 7.38. The largest absolute Gasteiger partial charge is 0.497 e. The van der Waals surface area contributed by atoms with Gasteiger partial charge in [-0.1, -0.05) is 35.3 Å². The van der Waals surface area contributed by atoms with Crippen LogP contribution in [-0.4, -0.2) is 20.1 Å². The summed E-state index contributed by atoms with van der Waals surface area (Å²) in [5, 5.41) is 3.40. The highest BCUT2D eigenvalue weighted by atomic mass is 35.5. The molecule has 6 heteroatoms. The zero-order chi connectivity index (χ0) is 16.1. The Morgan fingerprint density at radius 3 is 2.14 bits per heavy atom. The van der Waals surface area contributed by atoms with Gasteiger partial charge in [0, 0.05) is 12.1 Å². The Morgan fingerprint density at radius 1 is 1.05 bits per heavy atom. The number of benzene rings is 2. The number of hydrogen-bond donors (Lipinski definition) is 1. The minimum absolute atomic E-state index is 0.262. The predicted molar refractivity (Wildman–Crippen MR) is 87.2 cm³/mol. The maximum atomic E-state index is 12.2. The zero-order valence-electron chi connectivity index (χ0n) is 12.2. The standard InChI is InChI=1S/C16H15Cl2NO3/c1-21-12-5-3-10(4-6-12)9-19-16(20)11-7-13(17)15(22-2)14(18)8-11/h3-8H,9H2,1-2H3,(H,19,20). The van der Waals surface area contributed by atoms with E-state index in [0.29, 0.717) is 27.9 Å². The van der Waals surface area contributed by atoms with Gasteiger partial charge in [-0.05, 0) is 29.8 Å². The number of ether oxygens (including phenoxy) is 2. The Balaban J connectivity index is 2.05. The molecule has 0 saturated heterocycles. The number of methoxy groups -OCH3 is 2. The van der Waals surface area contributed by atoms with E-state index in [1.54, 1.807) is 7.11 Å². The van der Waals surface area contributed by atoms with Gasteiger partial charge in [-0.2, -0.15) is 0 Å². The van der Waals surface area contributed by atoms with Crippen molar-refractivity contribution in [3.8, 4) is 11.5 Å². The van der Waals surface area contributed by atoms with Crippen LogP contribution in [0.3, 0.4) is 0 Å². The molecule has 0 radical (unpaired) electrons. The Bertz CT molecular complexity index is 649. The topological polar surface area (TPSA) is 47.6 Å². The SMILES string of the molecule is COc1ccc(CNC(=O)c2cc(Cl)c(OC)c(Cl)c2)cc1. The van der Waals surface area contributed by atoms with E-state index in [-0.39, 0.29) is 5.91 Å². The number of hydrogen-bond acceptors (Lipinski definition) is 3. The molecule has 0 atom stereocenters. The molecule has 2 aromatic carbocycles. The van der Waals surface area contributed by atoms with Crippen molar-refractivity contribution in [1.82, 2.24) is 5.32 Å². The van der Waals surface area contributed by atoms with Crippen LogP contribution in [0, 0.1) is 0 Å². The fourth-order valence-corrected chi connectivity index (χ4v) is 2.56. The Morgan fingerprint density at radius 2 is 1.64 bits per heavy atom. The molecular weight excluding hydrogens is 325 g/mol. The van der Waals surface area contributed by atoms with E-state index in [4.69, 9.17) is 32.7 Å². The highest BCUT2D eigenvalue weighted by Gasteiger charge is 2.13. The molecule has 2 aromatic rings. The fourth-order valence-electron chi connectivity index (χ4n) is 1.91. The second-order valence-corrected chi connectivity index (χ2v) is 5.32. The van der Waals surface area contributed by atoms with Gasteiger partial charge in [-0.3, -0.25) is 4.79 Å². The Labute approximate surface area is 138 Å². The number of nitrogens with one attached hydrogen (secondary N) is 1. The van der Waals surface area contributed by atoms with Gasteiger partial charge in [0.25, 0.3) is 5.91 Å². The molecule has 0 aliphatic heterocycles. The van der Waals surface area contributed by atoms with Crippen molar-refractivity contribution in [3.63, 3.8) is 0 Å². The van der Waals surface area contributed by atoms with E-state index in [0.717, 1.165) is 11.3 Å². The summed E-state index contributed by atoms with van der Waals surface area (Å²) in [6.45, 7) is 0.393. The van der Waals surface area contributed by atoms with Gasteiger partial charge in [0.1, 0.15) is 5.75 Å². The first-order valence-corrected chi connectivity index (χ1v) is 7.25. The molecule has 116 valence electrons. The fraction of sp³-hybridized carbons (Fsp3) is 0.188. The van der Waals surface area contributed by atoms with Gasteiger partial charge in [-0.25, -0.2) is 0 Å². The lowest BCUT2D eigenvalue weighted by Crippen LogP contribution is -2.22. The van der Waals surface area contributed by atoms with Crippen molar-refractivity contribution >= 4 is 29.1 Å². The second-order valence-electron chi connectivity index (χ2n) is 4.50. The van der Waals surface area contributed by atoms with Gasteiger partial charge in [0.05, 0.1) is 24.3 Å². The molecule has 4 nitrogen and oxygen atoms in total. The van der Waals surface area contributed by atoms with Crippen LogP contribution in [0.2, 0.25) is 10.0 Å². The smallest absolute Gasteiger partial charge is 0.251 e. The lowest BCUT2D eigenvalue weighted by molar-refractivity contribution is 0.0951. The molecule has 2 rings (SSSR count). The van der Waals surface area contributed by atoms with E-state index >= 15 is 0 Å². The van der Waals surface area contributed by atoms with E-state index in [1.807, 2.05) is 24.3 Å². The average Bonchev–Trinajstić information content (AvgIpc) is 2.52. The van der Waals surface area contributed by atoms with Crippen LogP contribution < -0.4 is 14.8 Å². The molecule has 0 bridgehead atoms. The molecule has 1 amide bonds. The summed E-state index contributed by atoms with van der Waals surface area (Å²) in [7, 11) is 3.07. The third kappa shape index (κ3) is 3.84. The van der Waals surface area contributed by atoms with Crippen molar-refractivity contribution < 1.29 is 14.3 Å². The van der Waals surface area contributed by atoms with E-state index in [9.17, 15) is 4.79 Å². The number of carbonyl (C=O) groups is 1. The Hall–Kier alpha value is -1.91. The van der Waals surface area contributed by atoms with Crippen molar-refractivity contribution in [3.05, 3.63) is 57.6 Å². The summed E-state index contributed by atoms with van der Waals surface area (Å²) >= 11 is 12.1. The average molecular weight is 340 g/mol. The third-order valence-electron chi connectivity index (χ3n) is 3.08. The first kappa shape index (κ1) is 16.5. The van der Waals surface area contributed by atoms with E-state index < -0.39 is 0 Å². The van der Waals surface area contributed by atoms with E-state index in [1.165, 1.54) is 19.2 Å². The van der Waals surface area contributed by atoms with E-state index in [2.05, 4.69) is 5.32 Å². The molecule has 22 heavy (non-hydrogen) atoms. The van der Waals surface area contributed by atoms with Crippen LogP contribution in [0.15, 0.2) is 36.4 Å². The molecule has 0 saturated carbocycles. The minimum Gasteiger partial charge on any atom is -0.497 e. The summed E-state index contributed by atoms with van der Waals surface area (Å²) in [5.74, 6) is 0.862. The zero-order valence-corrected chi connectivity index (χ0v) is 13.7. The molecule has 0 heterocycles. The van der Waals surface area contributed by atoms with Gasteiger partial charge >= 0.3 is 0 Å². The summed E-state index contributed by atoms with van der Waals surface area (Å²) in [6.07, 6.45) is 0. The molecule has 1 N–H and O–H groups in total. The molecule has 0 aliphatic rings. The molecule has 0 fully saturated rings. The highest BCUT2D eigenvalue weighted by Crippen LogP contribution is 2.33. The molecule has 0 aliphatic carbocycles. The maximum Gasteiger partial charge on any atom is 0.251 e. The van der Waals surface area contributed by atoms with Crippen molar-refractivity contribution in [1.29, 1.82) is 0 Å². The molecular formula is C16H15Cl2NO3. The lowest BCUT2D eigenvalue weighted by atomic mass is 10.2. The van der Waals surface area contributed by atoms with Crippen LogP contribution in [0.4, 0.5) is 0 Å². The van der Waals surface area contributed by atoms with Crippen molar-refractivity contribution in [2.75, 3.05) is 14.2 Å². The first-order valence-electron chi connectivity index (χ1n) is 6.49. The monoisotopic (exact) mass is 339 g/mol. The summed E-state index contributed by atoms with van der Waals surface area (Å²) in [5.41, 5.74) is 1.34. The quantitative estimate of drug-likeness (QED) is 0.897. The van der Waals surface area contributed by atoms with Crippen LogP contribution in [0.25, 0.3) is 0 Å². The third-order valence-corrected chi connectivity index (χ3v) is 3.64. The van der Waals surface area contributed by atoms with Crippen LogP contribution >= 0.6 is 23.2 Å². The predicted octanol–water partition coefficient (Wildman–Crippen LogP) is 3.94. The summed E-state index contributed by atoms with van der Waals surface area (Å²) in [6, 6.07) is 10.5. The lowest BCUT2D eigenvalue weighted by Gasteiger charge is -2.10. The summed E-state index contributed by atoms with van der Waals surface area (Å²) in [4.78, 5) is 12.2. The first-order chi connectivity index (χ1) is 10.5. The molecule has 0 spiro atoms. The molecule has 0 aromatic heterocycles. The van der Waals surface area contributed by atoms with Crippen LogP contribution in [0.1, 0.15) is 15.9 Å². The maximum absolute atomic E-state index is 12.2. The van der Waals surface area contributed by atoms with Crippen molar-refractivity contribution in [2.45, 2.75) is 6.54 Å². The number of halogens is 2. The van der Waals surface area contributed by atoms with Gasteiger partial charge < -0.3 is 14.8 Å². The van der Waals surface area contributed by atoms with Crippen molar-refractivity contribution in [2.24, 2.45) is 0 Å². The normalized spacial score (nSPS) is 10.2. The van der Waals surface area contributed by atoms with Crippen LogP contribution in [-0.2, 0) is 6.54 Å². The molecule has 0 unspecified atom stereocenters. The minimum atomic E-state index is -0.262.